The molecule has 144 valence electrons. The molecule has 3 aromatic rings. The lowest BCUT2D eigenvalue weighted by atomic mass is 10.1. The SMILES string of the molecule is COc1cc2ccccc2cc1C(=O)OCC1CCN(Cc2ccccc2)C1. The number of fused-ring (bicyclic) bond motifs is 1. The third kappa shape index (κ3) is 4.18. The normalized spacial score (nSPS) is 17.0. The Morgan fingerprint density at radius 3 is 2.50 bits per heavy atom. The maximum atomic E-state index is 12.7. The van der Waals surface area contributed by atoms with Crippen molar-refractivity contribution in [2.75, 3.05) is 26.8 Å². The lowest BCUT2D eigenvalue weighted by molar-refractivity contribution is 0.0439. The van der Waals surface area contributed by atoms with Crippen LogP contribution in [0.4, 0.5) is 0 Å². The van der Waals surface area contributed by atoms with E-state index in [-0.39, 0.29) is 5.97 Å². The molecule has 1 fully saturated rings. The Kier molecular flexibility index (Phi) is 5.58. The molecule has 1 heterocycles. The number of hydrogen-bond acceptors (Lipinski definition) is 4. The molecule has 1 aliphatic heterocycles. The molecular formula is C24H25NO3. The van der Waals surface area contributed by atoms with E-state index in [9.17, 15) is 4.79 Å². The summed E-state index contributed by atoms with van der Waals surface area (Å²) in [7, 11) is 1.58. The lowest BCUT2D eigenvalue weighted by Crippen LogP contribution is -2.22. The van der Waals surface area contributed by atoms with Gasteiger partial charge in [-0.05, 0) is 41.4 Å². The minimum absolute atomic E-state index is 0.316. The van der Waals surface area contributed by atoms with Gasteiger partial charge in [0.05, 0.1) is 13.7 Å². The van der Waals surface area contributed by atoms with Gasteiger partial charge < -0.3 is 9.47 Å². The Bertz CT molecular complexity index is 954. The van der Waals surface area contributed by atoms with E-state index < -0.39 is 0 Å². The van der Waals surface area contributed by atoms with Crippen molar-refractivity contribution in [3.05, 3.63) is 77.9 Å². The van der Waals surface area contributed by atoms with Gasteiger partial charge in [0, 0.05) is 19.0 Å². The van der Waals surface area contributed by atoms with Crippen LogP contribution in [0.2, 0.25) is 0 Å². The zero-order valence-electron chi connectivity index (χ0n) is 16.1. The molecule has 0 saturated carbocycles. The molecule has 0 radical (unpaired) electrons. The van der Waals surface area contributed by atoms with Crippen LogP contribution in [0.1, 0.15) is 22.3 Å². The van der Waals surface area contributed by atoms with E-state index in [1.165, 1.54) is 5.56 Å². The smallest absolute Gasteiger partial charge is 0.341 e. The second-order valence-electron chi connectivity index (χ2n) is 7.37. The monoisotopic (exact) mass is 375 g/mol. The molecule has 4 heteroatoms. The number of carbonyl (C=O) groups is 1. The van der Waals surface area contributed by atoms with Crippen LogP contribution in [0.25, 0.3) is 10.8 Å². The number of rotatable bonds is 6. The van der Waals surface area contributed by atoms with E-state index in [2.05, 4.69) is 29.2 Å². The molecule has 1 saturated heterocycles. The Balaban J connectivity index is 1.36. The maximum absolute atomic E-state index is 12.7. The molecular weight excluding hydrogens is 350 g/mol. The zero-order chi connectivity index (χ0) is 19.3. The topological polar surface area (TPSA) is 38.8 Å². The third-order valence-corrected chi connectivity index (χ3v) is 5.36. The highest BCUT2D eigenvalue weighted by Gasteiger charge is 2.24. The number of methoxy groups -OCH3 is 1. The Labute approximate surface area is 165 Å². The van der Waals surface area contributed by atoms with Crippen molar-refractivity contribution in [1.29, 1.82) is 0 Å². The molecule has 0 aromatic heterocycles. The number of carbonyl (C=O) groups excluding carboxylic acids is 1. The van der Waals surface area contributed by atoms with Crippen LogP contribution in [0.3, 0.4) is 0 Å². The summed E-state index contributed by atoms with van der Waals surface area (Å²) in [4.78, 5) is 15.1. The number of esters is 1. The van der Waals surface area contributed by atoms with Crippen molar-refractivity contribution in [3.63, 3.8) is 0 Å². The molecule has 0 amide bonds. The number of benzene rings is 3. The lowest BCUT2D eigenvalue weighted by Gasteiger charge is -2.16. The van der Waals surface area contributed by atoms with Gasteiger partial charge in [0.15, 0.2) is 0 Å². The highest BCUT2D eigenvalue weighted by Crippen LogP contribution is 2.27. The van der Waals surface area contributed by atoms with Gasteiger partial charge in [0.2, 0.25) is 0 Å². The molecule has 1 aliphatic rings. The molecule has 4 rings (SSSR count). The Hall–Kier alpha value is -2.85. The Morgan fingerprint density at radius 1 is 1.04 bits per heavy atom. The van der Waals surface area contributed by atoms with Gasteiger partial charge in [0.25, 0.3) is 0 Å². The quantitative estimate of drug-likeness (QED) is 0.594. The average Bonchev–Trinajstić information content (AvgIpc) is 3.19. The predicted molar refractivity (Wildman–Crippen MR) is 111 cm³/mol. The van der Waals surface area contributed by atoms with Gasteiger partial charge in [0.1, 0.15) is 11.3 Å². The Morgan fingerprint density at radius 2 is 1.75 bits per heavy atom. The molecule has 28 heavy (non-hydrogen) atoms. The van der Waals surface area contributed by atoms with E-state index in [4.69, 9.17) is 9.47 Å². The van der Waals surface area contributed by atoms with E-state index >= 15 is 0 Å². The average molecular weight is 375 g/mol. The fourth-order valence-corrected chi connectivity index (χ4v) is 3.85. The van der Waals surface area contributed by atoms with E-state index in [1.807, 2.05) is 42.5 Å². The van der Waals surface area contributed by atoms with E-state index in [0.717, 1.165) is 36.8 Å². The minimum atomic E-state index is -0.316. The van der Waals surface area contributed by atoms with Crippen LogP contribution in [0.15, 0.2) is 66.7 Å². The molecule has 0 N–H and O–H groups in total. The first-order chi connectivity index (χ1) is 13.7. The molecule has 3 aromatic carbocycles. The standard InChI is InChI=1S/C24H25NO3/c1-27-23-14-21-10-6-5-9-20(21)13-22(23)24(26)28-17-19-11-12-25(16-19)15-18-7-3-2-4-8-18/h2-10,13-14,19H,11-12,15-17H2,1H3. The summed E-state index contributed by atoms with van der Waals surface area (Å²) in [6, 6.07) is 22.2. The summed E-state index contributed by atoms with van der Waals surface area (Å²) < 4.78 is 11.1. The largest absolute Gasteiger partial charge is 0.496 e. The van der Waals surface area contributed by atoms with Crippen molar-refractivity contribution in [2.45, 2.75) is 13.0 Å². The van der Waals surface area contributed by atoms with Gasteiger partial charge in [-0.2, -0.15) is 0 Å². The molecule has 4 nitrogen and oxygen atoms in total. The van der Waals surface area contributed by atoms with Crippen molar-refractivity contribution < 1.29 is 14.3 Å². The third-order valence-electron chi connectivity index (χ3n) is 5.36. The van der Waals surface area contributed by atoms with E-state index in [1.54, 1.807) is 7.11 Å². The fraction of sp³-hybridized carbons (Fsp3) is 0.292. The molecule has 1 unspecified atom stereocenters. The second kappa shape index (κ2) is 8.44. The molecule has 1 atom stereocenters. The van der Waals surface area contributed by atoms with E-state index in [0.29, 0.717) is 23.8 Å². The van der Waals surface area contributed by atoms with Crippen LogP contribution < -0.4 is 4.74 Å². The summed E-state index contributed by atoms with van der Waals surface area (Å²) in [5.74, 6) is 0.615. The van der Waals surface area contributed by atoms with Crippen LogP contribution in [0.5, 0.6) is 5.75 Å². The van der Waals surface area contributed by atoms with Crippen molar-refractivity contribution >= 4 is 16.7 Å². The van der Waals surface area contributed by atoms with Gasteiger partial charge in [-0.25, -0.2) is 4.79 Å². The zero-order valence-corrected chi connectivity index (χ0v) is 16.1. The van der Waals surface area contributed by atoms with Crippen LogP contribution in [-0.4, -0.2) is 37.7 Å². The highest BCUT2D eigenvalue weighted by molar-refractivity contribution is 5.98. The minimum Gasteiger partial charge on any atom is -0.496 e. The van der Waals surface area contributed by atoms with Crippen molar-refractivity contribution in [1.82, 2.24) is 4.90 Å². The van der Waals surface area contributed by atoms with Gasteiger partial charge in [-0.3, -0.25) is 4.90 Å². The first kappa shape index (κ1) is 18.5. The second-order valence-corrected chi connectivity index (χ2v) is 7.37. The molecule has 0 spiro atoms. The summed E-state index contributed by atoms with van der Waals surface area (Å²) in [6.45, 7) is 3.39. The van der Waals surface area contributed by atoms with Crippen LogP contribution in [0, 0.1) is 5.92 Å². The van der Waals surface area contributed by atoms with Gasteiger partial charge >= 0.3 is 5.97 Å². The number of likely N-dealkylation sites (tertiary alicyclic amines) is 1. The highest BCUT2D eigenvalue weighted by atomic mass is 16.5. The summed E-state index contributed by atoms with van der Waals surface area (Å²) in [5.41, 5.74) is 1.81. The maximum Gasteiger partial charge on any atom is 0.341 e. The summed E-state index contributed by atoms with van der Waals surface area (Å²) in [6.07, 6.45) is 1.05. The molecule has 0 bridgehead atoms. The summed E-state index contributed by atoms with van der Waals surface area (Å²) >= 11 is 0. The first-order valence-electron chi connectivity index (χ1n) is 9.73. The number of hydrogen-bond donors (Lipinski definition) is 0. The van der Waals surface area contributed by atoms with Crippen molar-refractivity contribution in [2.24, 2.45) is 5.92 Å². The van der Waals surface area contributed by atoms with Gasteiger partial charge in [-0.1, -0.05) is 54.6 Å². The molecule has 0 aliphatic carbocycles. The number of nitrogens with zero attached hydrogens (tertiary/aromatic N) is 1. The van der Waals surface area contributed by atoms with Crippen LogP contribution >= 0.6 is 0 Å². The predicted octanol–water partition coefficient (Wildman–Crippen LogP) is 4.53. The van der Waals surface area contributed by atoms with Gasteiger partial charge in [-0.15, -0.1) is 0 Å². The van der Waals surface area contributed by atoms with Crippen molar-refractivity contribution in [3.8, 4) is 5.75 Å². The first-order valence-corrected chi connectivity index (χ1v) is 9.73. The van der Waals surface area contributed by atoms with Crippen LogP contribution in [-0.2, 0) is 11.3 Å². The fourth-order valence-electron chi connectivity index (χ4n) is 3.85. The number of ether oxygens (including phenoxy) is 2. The summed E-state index contributed by atoms with van der Waals surface area (Å²) in [5, 5.41) is 2.05.